The molecule has 0 aliphatic carbocycles. The number of aryl methyl sites for hydroxylation is 1. The van der Waals surface area contributed by atoms with E-state index in [0.29, 0.717) is 0 Å². The van der Waals surface area contributed by atoms with E-state index in [-0.39, 0.29) is 5.41 Å². The molecule has 0 aromatic carbocycles. The summed E-state index contributed by atoms with van der Waals surface area (Å²) in [4.78, 5) is 4.53. The molecule has 1 N–H and O–H groups in total. The minimum absolute atomic E-state index is 0.287. The fourth-order valence-electron chi connectivity index (χ4n) is 1.74. The second-order valence-electron chi connectivity index (χ2n) is 5.72. The number of thiazole rings is 1. The molecule has 1 heterocycles. The van der Waals surface area contributed by atoms with Crippen molar-refractivity contribution >= 4 is 11.3 Å². The molecule has 0 spiro atoms. The zero-order valence-electron chi connectivity index (χ0n) is 11.1. The lowest BCUT2D eigenvalue weighted by atomic mass is 9.88. The van der Waals surface area contributed by atoms with Gasteiger partial charge in [-0.2, -0.15) is 0 Å². The van der Waals surface area contributed by atoms with Crippen molar-refractivity contribution in [2.45, 2.75) is 41.0 Å². The summed E-state index contributed by atoms with van der Waals surface area (Å²) in [5, 5.41) is 6.88. The highest BCUT2D eigenvalue weighted by atomic mass is 32.1. The predicted octanol–water partition coefficient (Wildman–Crippen LogP) is 3.27. The molecule has 0 aliphatic heterocycles. The third-order valence-corrected chi connectivity index (χ3v) is 3.30. The topological polar surface area (TPSA) is 24.9 Å². The summed E-state index contributed by atoms with van der Waals surface area (Å²) < 4.78 is 0. The van der Waals surface area contributed by atoms with Gasteiger partial charge in [0.1, 0.15) is 0 Å². The Hall–Kier alpha value is -0.410. The van der Waals surface area contributed by atoms with E-state index in [2.05, 4.69) is 50.3 Å². The van der Waals surface area contributed by atoms with E-state index < -0.39 is 0 Å². The molecule has 0 fully saturated rings. The molecule has 0 unspecified atom stereocenters. The molecule has 0 aliphatic rings. The Labute approximate surface area is 103 Å². The molecule has 0 radical (unpaired) electrons. The van der Waals surface area contributed by atoms with Gasteiger partial charge in [0.2, 0.25) is 0 Å². The van der Waals surface area contributed by atoms with Gasteiger partial charge in [0.25, 0.3) is 0 Å². The summed E-state index contributed by atoms with van der Waals surface area (Å²) in [7, 11) is 0. The maximum absolute atomic E-state index is 4.53. The van der Waals surface area contributed by atoms with Crippen LogP contribution in [0.1, 0.15) is 38.4 Å². The highest BCUT2D eigenvalue weighted by molar-refractivity contribution is 7.09. The second kappa shape index (κ2) is 5.78. The van der Waals surface area contributed by atoms with Crippen LogP contribution in [-0.4, -0.2) is 18.1 Å². The van der Waals surface area contributed by atoms with Crippen molar-refractivity contribution in [3.63, 3.8) is 0 Å². The molecular weight excluding hydrogens is 216 g/mol. The summed E-state index contributed by atoms with van der Waals surface area (Å²) in [6, 6.07) is 0. The molecule has 3 heteroatoms. The number of hydrogen-bond acceptors (Lipinski definition) is 3. The van der Waals surface area contributed by atoms with E-state index in [4.69, 9.17) is 0 Å². The standard InChI is InChI=1S/C13H24N2S/c1-10(2)7-14-9-13(4,5)6-12-8-16-11(3)15-12/h8,10,14H,6-7,9H2,1-5H3. The van der Waals surface area contributed by atoms with Gasteiger partial charge in [0.05, 0.1) is 10.7 Å². The average Bonchev–Trinajstić information content (AvgIpc) is 2.48. The highest BCUT2D eigenvalue weighted by Gasteiger charge is 2.19. The van der Waals surface area contributed by atoms with Crippen LogP contribution in [0.15, 0.2) is 5.38 Å². The molecule has 16 heavy (non-hydrogen) atoms. The van der Waals surface area contributed by atoms with Crippen LogP contribution in [0.5, 0.6) is 0 Å². The first-order valence-corrected chi connectivity index (χ1v) is 6.89. The van der Waals surface area contributed by atoms with Gasteiger partial charge >= 0.3 is 0 Å². The fourth-order valence-corrected chi connectivity index (χ4v) is 2.35. The number of nitrogens with zero attached hydrogens (tertiary/aromatic N) is 1. The summed E-state index contributed by atoms with van der Waals surface area (Å²) in [6.07, 6.45) is 1.06. The lowest BCUT2D eigenvalue weighted by Gasteiger charge is -2.24. The van der Waals surface area contributed by atoms with Crippen LogP contribution in [0.4, 0.5) is 0 Å². The van der Waals surface area contributed by atoms with Crippen LogP contribution in [-0.2, 0) is 6.42 Å². The van der Waals surface area contributed by atoms with Crippen molar-refractivity contribution in [3.05, 3.63) is 16.1 Å². The largest absolute Gasteiger partial charge is 0.316 e. The van der Waals surface area contributed by atoms with Gasteiger partial charge in [-0.15, -0.1) is 11.3 Å². The van der Waals surface area contributed by atoms with Crippen LogP contribution in [0, 0.1) is 18.3 Å². The molecule has 2 nitrogen and oxygen atoms in total. The molecule has 0 amide bonds. The molecule has 0 atom stereocenters. The first-order valence-electron chi connectivity index (χ1n) is 6.01. The monoisotopic (exact) mass is 240 g/mol. The normalized spacial score (nSPS) is 12.4. The first kappa shape index (κ1) is 13.7. The molecule has 0 saturated heterocycles. The van der Waals surface area contributed by atoms with E-state index in [0.717, 1.165) is 25.4 Å². The second-order valence-corrected chi connectivity index (χ2v) is 6.79. The zero-order chi connectivity index (χ0) is 12.2. The molecule has 0 bridgehead atoms. The number of aromatic nitrogens is 1. The van der Waals surface area contributed by atoms with E-state index in [9.17, 15) is 0 Å². The maximum atomic E-state index is 4.53. The lowest BCUT2D eigenvalue weighted by molar-refractivity contribution is 0.328. The number of hydrogen-bond donors (Lipinski definition) is 1. The Morgan fingerprint density at radius 3 is 2.62 bits per heavy atom. The Kier molecular flexibility index (Phi) is 4.93. The Bertz CT molecular complexity index is 315. The van der Waals surface area contributed by atoms with E-state index >= 15 is 0 Å². The van der Waals surface area contributed by atoms with Gasteiger partial charge in [-0.3, -0.25) is 0 Å². The Morgan fingerprint density at radius 1 is 1.44 bits per heavy atom. The average molecular weight is 240 g/mol. The molecule has 0 saturated carbocycles. The molecule has 1 aromatic heterocycles. The van der Waals surface area contributed by atoms with Crippen LogP contribution in [0.25, 0.3) is 0 Å². The van der Waals surface area contributed by atoms with Crippen molar-refractivity contribution in [1.82, 2.24) is 10.3 Å². The quantitative estimate of drug-likeness (QED) is 0.825. The van der Waals surface area contributed by atoms with Gasteiger partial charge in [-0.1, -0.05) is 27.7 Å². The Morgan fingerprint density at radius 2 is 2.12 bits per heavy atom. The third-order valence-electron chi connectivity index (χ3n) is 2.48. The van der Waals surface area contributed by atoms with Crippen LogP contribution < -0.4 is 5.32 Å². The van der Waals surface area contributed by atoms with E-state index in [1.807, 2.05) is 0 Å². The minimum Gasteiger partial charge on any atom is -0.316 e. The highest BCUT2D eigenvalue weighted by Crippen LogP contribution is 2.22. The van der Waals surface area contributed by atoms with E-state index in [1.165, 1.54) is 10.7 Å². The Balaban J connectivity index is 2.39. The summed E-state index contributed by atoms with van der Waals surface area (Å²) in [5.41, 5.74) is 1.52. The number of rotatable bonds is 6. The third kappa shape index (κ3) is 5.08. The van der Waals surface area contributed by atoms with Crippen molar-refractivity contribution in [2.75, 3.05) is 13.1 Å². The summed E-state index contributed by atoms with van der Waals surface area (Å²) in [5.74, 6) is 0.720. The van der Waals surface area contributed by atoms with Crippen LogP contribution >= 0.6 is 11.3 Å². The maximum Gasteiger partial charge on any atom is 0.0897 e. The predicted molar refractivity (Wildman–Crippen MR) is 72.0 cm³/mol. The van der Waals surface area contributed by atoms with Crippen molar-refractivity contribution in [1.29, 1.82) is 0 Å². The molecule has 1 rings (SSSR count). The summed E-state index contributed by atoms with van der Waals surface area (Å²) >= 11 is 1.74. The van der Waals surface area contributed by atoms with Gasteiger partial charge in [0.15, 0.2) is 0 Å². The molecule has 92 valence electrons. The first-order chi connectivity index (χ1) is 7.39. The zero-order valence-corrected chi connectivity index (χ0v) is 11.9. The van der Waals surface area contributed by atoms with E-state index in [1.54, 1.807) is 11.3 Å². The number of nitrogens with one attached hydrogen (secondary N) is 1. The SMILES string of the molecule is Cc1nc(CC(C)(C)CNCC(C)C)cs1. The smallest absolute Gasteiger partial charge is 0.0897 e. The molecule has 1 aromatic rings. The van der Waals surface area contributed by atoms with Gasteiger partial charge < -0.3 is 5.32 Å². The van der Waals surface area contributed by atoms with Crippen LogP contribution in [0.2, 0.25) is 0 Å². The van der Waals surface area contributed by atoms with Gasteiger partial charge in [0, 0.05) is 11.9 Å². The minimum atomic E-state index is 0.287. The fraction of sp³-hybridized carbons (Fsp3) is 0.769. The van der Waals surface area contributed by atoms with Crippen molar-refractivity contribution < 1.29 is 0 Å². The van der Waals surface area contributed by atoms with Crippen molar-refractivity contribution in [2.24, 2.45) is 11.3 Å². The van der Waals surface area contributed by atoms with Gasteiger partial charge in [-0.25, -0.2) is 4.98 Å². The molecular formula is C13H24N2S. The van der Waals surface area contributed by atoms with Gasteiger partial charge in [-0.05, 0) is 31.2 Å². The summed E-state index contributed by atoms with van der Waals surface area (Å²) in [6.45, 7) is 13.3. The lowest BCUT2D eigenvalue weighted by Crippen LogP contribution is -2.33. The van der Waals surface area contributed by atoms with Crippen LogP contribution in [0.3, 0.4) is 0 Å². The van der Waals surface area contributed by atoms with Crippen molar-refractivity contribution in [3.8, 4) is 0 Å².